The third-order valence-corrected chi connectivity index (χ3v) is 6.46. The van der Waals surface area contributed by atoms with E-state index < -0.39 is 23.6 Å². The highest BCUT2D eigenvalue weighted by atomic mass is 32.2. The maximum absolute atomic E-state index is 12.9. The van der Waals surface area contributed by atoms with Gasteiger partial charge in [-0.05, 0) is 34.5 Å². The Balaban J connectivity index is 1.61. The van der Waals surface area contributed by atoms with Crippen LogP contribution >= 0.6 is 22.7 Å². The van der Waals surface area contributed by atoms with E-state index in [9.17, 15) is 14.4 Å². The monoisotopic (exact) mass is 425 g/mol. The molecule has 0 aliphatic carbocycles. The van der Waals surface area contributed by atoms with Crippen molar-refractivity contribution >= 4 is 49.7 Å². The van der Waals surface area contributed by atoms with E-state index in [0.29, 0.717) is 5.82 Å². The molecule has 146 valence electrons. The van der Waals surface area contributed by atoms with Crippen molar-refractivity contribution in [3.05, 3.63) is 65.0 Å². The zero-order chi connectivity index (χ0) is 20.4. The number of thiophene rings is 2. The van der Waals surface area contributed by atoms with Crippen LogP contribution in [0.1, 0.15) is 16.1 Å². The van der Waals surface area contributed by atoms with Gasteiger partial charge in [-0.2, -0.15) is 0 Å². The van der Waals surface area contributed by atoms with Gasteiger partial charge < -0.3 is 11.1 Å². The number of nitrogens with two attached hydrogens (primary N) is 1. The molecule has 3 N–H and O–H groups in total. The lowest BCUT2D eigenvalue weighted by molar-refractivity contribution is -0.137. The summed E-state index contributed by atoms with van der Waals surface area (Å²) in [7, 11) is 0. The maximum atomic E-state index is 12.9. The molecule has 0 aliphatic heterocycles. The number of aromatic nitrogens is 3. The van der Waals surface area contributed by atoms with Crippen molar-refractivity contribution in [2.45, 2.75) is 12.5 Å². The predicted molar refractivity (Wildman–Crippen MR) is 110 cm³/mol. The van der Waals surface area contributed by atoms with Crippen molar-refractivity contribution in [2.75, 3.05) is 0 Å². The lowest BCUT2D eigenvalue weighted by Crippen LogP contribution is -2.47. The lowest BCUT2D eigenvalue weighted by atomic mass is 10.0. The maximum Gasteiger partial charge on any atom is 0.287 e. The molecule has 0 radical (unpaired) electrons. The summed E-state index contributed by atoms with van der Waals surface area (Å²) in [6.07, 6.45) is 4.59. The summed E-state index contributed by atoms with van der Waals surface area (Å²) in [5, 5.41) is 7.53. The highest BCUT2D eigenvalue weighted by Gasteiger charge is 2.28. The molecule has 0 saturated carbocycles. The minimum Gasteiger partial charge on any atom is -0.363 e. The molecule has 0 aliphatic rings. The van der Waals surface area contributed by atoms with Crippen LogP contribution in [0.4, 0.5) is 0 Å². The van der Waals surface area contributed by atoms with Crippen LogP contribution in [0.25, 0.3) is 15.2 Å². The number of hydrogen-bond acceptors (Lipinski definition) is 7. The van der Waals surface area contributed by atoms with E-state index in [0.717, 1.165) is 15.0 Å². The van der Waals surface area contributed by atoms with Gasteiger partial charge in [-0.15, -0.1) is 22.7 Å². The Hall–Kier alpha value is -3.37. The van der Waals surface area contributed by atoms with E-state index in [1.807, 2.05) is 16.8 Å². The van der Waals surface area contributed by atoms with E-state index in [-0.39, 0.29) is 12.1 Å². The largest absolute Gasteiger partial charge is 0.363 e. The molecule has 0 bridgehead atoms. The fraction of sp³-hybridized carbons (Fsp3) is 0.105. The number of amides is 2. The molecule has 0 aromatic carbocycles. The molecular formula is C19H15N5O3S2. The Bertz CT molecular complexity index is 1190. The summed E-state index contributed by atoms with van der Waals surface area (Å²) < 4.78 is 2.62. The highest BCUT2D eigenvalue weighted by Crippen LogP contribution is 2.31. The molecule has 29 heavy (non-hydrogen) atoms. The van der Waals surface area contributed by atoms with E-state index in [4.69, 9.17) is 5.73 Å². The molecule has 10 heteroatoms. The number of pyridine rings is 1. The molecule has 4 aromatic rings. The first-order valence-corrected chi connectivity index (χ1v) is 10.3. The van der Waals surface area contributed by atoms with Crippen LogP contribution in [-0.4, -0.2) is 38.2 Å². The fourth-order valence-corrected chi connectivity index (χ4v) is 4.93. The first kappa shape index (κ1) is 19.0. The van der Waals surface area contributed by atoms with Gasteiger partial charge in [0, 0.05) is 18.0 Å². The minimum absolute atomic E-state index is 0.169. The average molecular weight is 425 g/mol. The second-order valence-corrected chi connectivity index (χ2v) is 8.23. The van der Waals surface area contributed by atoms with Crippen LogP contribution < -0.4 is 11.1 Å². The fourth-order valence-electron chi connectivity index (χ4n) is 2.95. The summed E-state index contributed by atoms with van der Waals surface area (Å²) in [6.45, 7) is 0. The second kappa shape index (κ2) is 7.94. The zero-order valence-corrected chi connectivity index (χ0v) is 16.6. The number of imidazole rings is 1. The summed E-state index contributed by atoms with van der Waals surface area (Å²) in [6, 6.07) is 6.14. The molecule has 2 amide bonds. The second-order valence-electron chi connectivity index (χ2n) is 6.18. The van der Waals surface area contributed by atoms with Crippen LogP contribution in [0, 0.1) is 0 Å². The molecule has 1 atom stereocenters. The summed E-state index contributed by atoms with van der Waals surface area (Å²) >= 11 is 3.15. The highest BCUT2D eigenvalue weighted by molar-refractivity contribution is 7.36. The summed E-state index contributed by atoms with van der Waals surface area (Å²) in [5.74, 6) is -1.99. The Morgan fingerprint density at radius 2 is 2.07 bits per heavy atom. The summed E-state index contributed by atoms with van der Waals surface area (Å²) in [4.78, 5) is 45.0. The Labute approximate surface area is 173 Å². The standard InChI is InChI=1S/C19H15N5O3S2/c20-17(26)16(25)13(7-11-9-29-19-12(11)4-6-28-19)23-18(27)14-8-21-10-24(14)15-3-1-2-5-22-15/h1-6,8-10,13H,7H2,(H2,20,26)(H,23,27). The quantitative estimate of drug-likeness (QED) is 0.439. The number of rotatable bonds is 7. The van der Waals surface area contributed by atoms with Gasteiger partial charge in [0.25, 0.3) is 11.8 Å². The molecule has 4 heterocycles. The van der Waals surface area contributed by atoms with Crippen molar-refractivity contribution < 1.29 is 14.4 Å². The van der Waals surface area contributed by atoms with Gasteiger partial charge in [-0.1, -0.05) is 6.07 Å². The van der Waals surface area contributed by atoms with E-state index in [1.165, 1.54) is 17.1 Å². The smallest absolute Gasteiger partial charge is 0.287 e. The number of nitrogens with one attached hydrogen (secondary N) is 1. The number of ketones is 1. The number of carbonyl (C=O) groups is 3. The van der Waals surface area contributed by atoms with Crippen molar-refractivity contribution in [2.24, 2.45) is 5.73 Å². The third kappa shape index (κ3) is 3.80. The first-order valence-electron chi connectivity index (χ1n) is 8.56. The average Bonchev–Trinajstić information content (AvgIpc) is 3.45. The molecule has 0 spiro atoms. The summed E-state index contributed by atoms with van der Waals surface area (Å²) in [5.41, 5.74) is 6.28. The van der Waals surface area contributed by atoms with Crippen LogP contribution in [0.2, 0.25) is 0 Å². The van der Waals surface area contributed by atoms with Gasteiger partial charge in [0.1, 0.15) is 23.9 Å². The number of fused-ring (bicyclic) bond motifs is 1. The van der Waals surface area contributed by atoms with Crippen molar-refractivity contribution in [3.63, 3.8) is 0 Å². The molecule has 4 rings (SSSR count). The molecule has 0 saturated heterocycles. The Morgan fingerprint density at radius 1 is 1.21 bits per heavy atom. The van der Waals surface area contributed by atoms with Gasteiger partial charge in [0.15, 0.2) is 0 Å². The normalized spacial score (nSPS) is 12.0. The van der Waals surface area contributed by atoms with Gasteiger partial charge in [-0.25, -0.2) is 9.97 Å². The van der Waals surface area contributed by atoms with Crippen LogP contribution in [-0.2, 0) is 16.0 Å². The van der Waals surface area contributed by atoms with E-state index >= 15 is 0 Å². The Kier molecular flexibility index (Phi) is 5.19. The van der Waals surface area contributed by atoms with Crippen molar-refractivity contribution in [3.8, 4) is 5.82 Å². The molecule has 1 unspecified atom stereocenters. The van der Waals surface area contributed by atoms with Gasteiger partial charge >= 0.3 is 0 Å². The Morgan fingerprint density at radius 3 is 2.83 bits per heavy atom. The molecule has 8 nitrogen and oxygen atoms in total. The number of primary amides is 1. The molecule has 0 fully saturated rings. The third-order valence-electron chi connectivity index (χ3n) is 4.34. The number of hydrogen-bond donors (Lipinski definition) is 2. The first-order chi connectivity index (χ1) is 14.0. The van der Waals surface area contributed by atoms with Crippen LogP contribution in [0.3, 0.4) is 0 Å². The number of carbonyl (C=O) groups excluding carboxylic acids is 3. The van der Waals surface area contributed by atoms with E-state index in [2.05, 4.69) is 15.3 Å². The topological polar surface area (TPSA) is 120 Å². The van der Waals surface area contributed by atoms with E-state index in [1.54, 1.807) is 47.1 Å². The number of Topliss-reactive ketones (excluding diaryl/α,β-unsaturated/α-hetero) is 1. The van der Waals surface area contributed by atoms with Gasteiger partial charge in [0.05, 0.1) is 10.2 Å². The number of nitrogens with zero attached hydrogens (tertiary/aromatic N) is 3. The zero-order valence-electron chi connectivity index (χ0n) is 14.9. The van der Waals surface area contributed by atoms with Crippen molar-refractivity contribution in [1.29, 1.82) is 0 Å². The molecule has 4 aromatic heterocycles. The predicted octanol–water partition coefficient (Wildman–Crippen LogP) is 1.94. The van der Waals surface area contributed by atoms with Gasteiger partial charge in [-0.3, -0.25) is 19.0 Å². The van der Waals surface area contributed by atoms with Crippen molar-refractivity contribution in [1.82, 2.24) is 19.9 Å². The van der Waals surface area contributed by atoms with Crippen LogP contribution in [0.5, 0.6) is 0 Å². The van der Waals surface area contributed by atoms with Crippen LogP contribution in [0.15, 0.2) is 53.7 Å². The lowest BCUT2D eigenvalue weighted by Gasteiger charge is -2.16. The van der Waals surface area contributed by atoms with Gasteiger partial charge in [0.2, 0.25) is 5.78 Å². The molecular weight excluding hydrogens is 410 g/mol. The SMILES string of the molecule is NC(=O)C(=O)C(Cc1csc2sccc12)NC(=O)c1cncn1-c1ccccn1. The minimum atomic E-state index is -1.09.